The standard InChI is InChI=1S/C17H13Cl2NO2S/c18-12-5-6-16(19)15(9-12)17(21)20(10-13-3-1-7-22-13)11-14-4-2-8-23-14/h1-9H,10-11H2. The fraction of sp³-hybridized carbons (Fsp3) is 0.118. The van der Waals surface area contributed by atoms with Crippen LogP contribution in [0, 0.1) is 0 Å². The third kappa shape index (κ3) is 3.96. The van der Waals surface area contributed by atoms with Gasteiger partial charge in [0.25, 0.3) is 5.91 Å². The van der Waals surface area contributed by atoms with Crippen molar-refractivity contribution in [2.24, 2.45) is 0 Å². The van der Waals surface area contributed by atoms with Crippen LogP contribution in [0.15, 0.2) is 58.5 Å². The van der Waals surface area contributed by atoms with Crippen molar-refractivity contribution in [1.82, 2.24) is 4.90 Å². The summed E-state index contributed by atoms with van der Waals surface area (Å²) < 4.78 is 5.37. The van der Waals surface area contributed by atoms with Crippen molar-refractivity contribution in [1.29, 1.82) is 0 Å². The number of rotatable bonds is 5. The Morgan fingerprint density at radius 3 is 2.70 bits per heavy atom. The van der Waals surface area contributed by atoms with Crippen LogP contribution in [0.2, 0.25) is 10.0 Å². The van der Waals surface area contributed by atoms with E-state index in [-0.39, 0.29) is 5.91 Å². The van der Waals surface area contributed by atoms with Crippen LogP contribution in [0.4, 0.5) is 0 Å². The van der Waals surface area contributed by atoms with E-state index in [2.05, 4.69) is 0 Å². The first kappa shape index (κ1) is 16.1. The maximum atomic E-state index is 12.9. The second-order valence-corrected chi connectivity index (χ2v) is 6.82. The Morgan fingerprint density at radius 2 is 2.00 bits per heavy atom. The molecule has 0 aliphatic carbocycles. The summed E-state index contributed by atoms with van der Waals surface area (Å²) in [6.07, 6.45) is 1.59. The molecule has 0 aliphatic rings. The Balaban J connectivity index is 1.89. The van der Waals surface area contributed by atoms with Gasteiger partial charge in [0.2, 0.25) is 0 Å². The summed E-state index contributed by atoms with van der Waals surface area (Å²) >= 11 is 13.8. The molecule has 118 valence electrons. The van der Waals surface area contributed by atoms with Gasteiger partial charge in [-0.3, -0.25) is 4.79 Å². The van der Waals surface area contributed by atoms with Gasteiger partial charge in [-0.2, -0.15) is 0 Å². The highest BCUT2D eigenvalue weighted by atomic mass is 35.5. The Kier molecular flexibility index (Phi) is 5.06. The molecule has 0 saturated carbocycles. The van der Waals surface area contributed by atoms with E-state index >= 15 is 0 Å². The zero-order chi connectivity index (χ0) is 16.2. The number of hydrogen-bond donors (Lipinski definition) is 0. The average Bonchev–Trinajstić information content (AvgIpc) is 3.22. The van der Waals surface area contributed by atoms with Crippen molar-refractivity contribution < 1.29 is 9.21 Å². The number of amides is 1. The Bertz CT molecular complexity index is 749. The molecule has 1 amide bonds. The van der Waals surface area contributed by atoms with Gasteiger partial charge in [-0.05, 0) is 41.8 Å². The van der Waals surface area contributed by atoms with Crippen LogP contribution in [-0.4, -0.2) is 10.8 Å². The first-order chi connectivity index (χ1) is 11.1. The van der Waals surface area contributed by atoms with E-state index in [9.17, 15) is 4.79 Å². The van der Waals surface area contributed by atoms with Gasteiger partial charge >= 0.3 is 0 Å². The molecule has 3 rings (SSSR count). The predicted octanol–water partition coefficient (Wildman–Crippen LogP) is 5.49. The highest BCUT2D eigenvalue weighted by molar-refractivity contribution is 7.09. The third-order valence-corrected chi connectivity index (χ3v) is 4.73. The van der Waals surface area contributed by atoms with Crippen molar-refractivity contribution in [3.8, 4) is 0 Å². The van der Waals surface area contributed by atoms with Gasteiger partial charge in [0.15, 0.2) is 0 Å². The summed E-state index contributed by atoms with van der Waals surface area (Å²) in [5.41, 5.74) is 0.391. The molecule has 0 radical (unpaired) electrons. The summed E-state index contributed by atoms with van der Waals surface area (Å²) in [5, 5.41) is 2.85. The Hall–Kier alpha value is -1.75. The molecule has 0 unspecified atom stereocenters. The van der Waals surface area contributed by atoms with E-state index in [4.69, 9.17) is 27.6 Å². The molecule has 23 heavy (non-hydrogen) atoms. The average molecular weight is 366 g/mol. The smallest absolute Gasteiger partial charge is 0.256 e. The van der Waals surface area contributed by atoms with Crippen LogP contribution in [0.3, 0.4) is 0 Å². The third-order valence-electron chi connectivity index (χ3n) is 3.30. The molecule has 0 aliphatic heterocycles. The number of thiophene rings is 1. The van der Waals surface area contributed by atoms with E-state index in [0.29, 0.717) is 34.5 Å². The lowest BCUT2D eigenvalue weighted by atomic mass is 10.2. The summed E-state index contributed by atoms with van der Waals surface area (Å²) in [6, 6.07) is 12.5. The van der Waals surface area contributed by atoms with E-state index in [1.54, 1.807) is 46.8 Å². The minimum Gasteiger partial charge on any atom is -0.467 e. The molecule has 0 N–H and O–H groups in total. The molecule has 1 aromatic carbocycles. The van der Waals surface area contributed by atoms with Crippen molar-refractivity contribution in [2.45, 2.75) is 13.1 Å². The molecule has 3 nitrogen and oxygen atoms in total. The number of halogens is 2. The number of nitrogens with zero attached hydrogens (tertiary/aromatic N) is 1. The Labute approximate surface area is 148 Å². The van der Waals surface area contributed by atoms with Crippen LogP contribution in [0.25, 0.3) is 0 Å². The second-order valence-electron chi connectivity index (χ2n) is 4.94. The van der Waals surface area contributed by atoms with E-state index in [0.717, 1.165) is 4.88 Å². The molecule has 0 bridgehead atoms. The summed E-state index contributed by atoms with van der Waals surface area (Å²) in [5.74, 6) is 0.537. The minimum absolute atomic E-state index is 0.178. The molecular formula is C17H13Cl2NO2S. The summed E-state index contributed by atoms with van der Waals surface area (Å²) in [7, 11) is 0. The Morgan fingerprint density at radius 1 is 1.13 bits per heavy atom. The van der Waals surface area contributed by atoms with Crippen LogP contribution in [-0.2, 0) is 13.1 Å². The zero-order valence-electron chi connectivity index (χ0n) is 12.0. The largest absolute Gasteiger partial charge is 0.467 e. The van der Waals surface area contributed by atoms with Gasteiger partial charge in [-0.15, -0.1) is 11.3 Å². The highest BCUT2D eigenvalue weighted by Gasteiger charge is 2.21. The van der Waals surface area contributed by atoms with Gasteiger partial charge in [0, 0.05) is 9.90 Å². The van der Waals surface area contributed by atoms with Gasteiger partial charge in [-0.1, -0.05) is 29.3 Å². The van der Waals surface area contributed by atoms with Crippen LogP contribution in [0.5, 0.6) is 0 Å². The lowest BCUT2D eigenvalue weighted by molar-refractivity contribution is 0.0719. The van der Waals surface area contributed by atoms with E-state index in [1.807, 2.05) is 23.6 Å². The molecule has 6 heteroatoms. The number of benzene rings is 1. The molecule has 0 atom stereocenters. The first-order valence-corrected chi connectivity index (χ1v) is 8.56. The maximum Gasteiger partial charge on any atom is 0.256 e. The molecule has 0 spiro atoms. The topological polar surface area (TPSA) is 33.5 Å². The first-order valence-electron chi connectivity index (χ1n) is 6.92. The summed E-state index contributed by atoms with van der Waals surface area (Å²) in [4.78, 5) is 15.7. The number of carbonyl (C=O) groups is 1. The lowest BCUT2D eigenvalue weighted by Crippen LogP contribution is -2.30. The molecule has 2 heterocycles. The lowest BCUT2D eigenvalue weighted by Gasteiger charge is -2.22. The number of carbonyl (C=O) groups excluding carboxylic acids is 1. The molecular weight excluding hydrogens is 353 g/mol. The van der Waals surface area contributed by atoms with Crippen LogP contribution in [0.1, 0.15) is 21.0 Å². The second kappa shape index (κ2) is 7.21. The maximum absolute atomic E-state index is 12.9. The SMILES string of the molecule is O=C(c1cc(Cl)ccc1Cl)N(Cc1ccco1)Cc1cccs1. The van der Waals surface area contributed by atoms with Crippen molar-refractivity contribution in [3.63, 3.8) is 0 Å². The highest BCUT2D eigenvalue weighted by Crippen LogP contribution is 2.24. The monoisotopic (exact) mass is 365 g/mol. The van der Waals surface area contributed by atoms with E-state index in [1.165, 1.54) is 0 Å². The van der Waals surface area contributed by atoms with Crippen molar-refractivity contribution in [2.75, 3.05) is 0 Å². The van der Waals surface area contributed by atoms with Crippen molar-refractivity contribution >= 4 is 40.4 Å². The quantitative estimate of drug-likeness (QED) is 0.598. The predicted molar refractivity (Wildman–Crippen MR) is 93.1 cm³/mol. The van der Waals surface area contributed by atoms with E-state index < -0.39 is 0 Å². The van der Waals surface area contributed by atoms with Crippen molar-refractivity contribution in [3.05, 3.63) is 80.4 Å². The number of hydrogen-bond acceptors (Lipinski definition) is 3. The van der Waals surface area contributed by atoms with Gasteiger partial charge in [-0.25, -0.2) is 0 Å². The van der Waals surface area contributed by atoms with Crippen LogP contribution < -0.4 is 0 Å². The van der Waals surface area contributed by atoms with Gasteiger partial charge < -0.3 is 9.32 Å². The number of furan rings is 1. The molecule has 3 aromatic rings. The van der Waals surface area contributed by atoms with Gasteiger partial charge in [0.1, 0.15) is 5.76 Å². The van der Waals surface area contributed by atoms with Crippen LogP contribution >= 0.6 is 34.5 Å². The fourth-order valence-electron chi connectivity index (χ4n) is 2.21. The molecule has 0 saturated heterocycles. The molecule has 0 fully saturated rings. The normalized spacial score (nSPS) is 10.7. The minimum atomic E-state index is -0.178. The zero-order valence-corrected chi connectivity index (χ0v) is 14.4. The summed E-state index contributed by atoms with van der Waals surface area (Å²) in [6.45, 7) is 0.854. The molecule has 2 aromatic heterocycles. The van der Waals surface area contributed by atoms with Gasteiger partial charge in [0.05, 0.1) is 29.9 Å². The fourth-order valence-corrected chi connectivity index (χ4v) is 3.30.